The van der Waals surface area contributed by atoms with Crippen molar-refractivity contribution in [2.24, 2.45) is 0 Å². The predicted octanol–water partition coefficient (Wildman–Crippen LogP) is 5.76. The second-order valence-electron chi connectivity index (χ2n) is 6.13. The molecule has 0 heteroatoms. The van der Waals surface area contributed by atoms with E-state index in [1.807, 2.05) is 0 Å². The van der Waals surface area contributed by atoms with Gasteiger partial charge in [0.15, 0.2) is 0 Å². The molecule has 0 aliphatic heterocycles. The summed E-state index contributed by atoms with van der Waals surface area (Å²) in [5.74, 6) is 0.578. The van der Waals surface area contributed by atoms with Gasteiger partial charge in [-0.1, -0.05) is 32.9 Å². The fourth-order valence-electron chi connectivity index (χ4n) is 3.32. The highest BCUT2D eigenvalue weighted by atomic mass is 14.2. The zero-order valence-electron chi connectivity index (χ0n) is 13.4. The molecule has 2 aromatic rings. The average molecular weight is 254 g/mol. The maximum absolute atomic E-state index is 2.39. The van der Waals surface area contributed by atoms with E-state index in [2.05, 4.69) is 60.6 Å². The molecule has 0 saturated heterocycles. The van der Waals surface area contributed by atoms with Crippen molar-refractivity contribution in [1.29, 1.82) is 0 Å². The van der Waals surface area contributed by atoms with Gasteiger partial charge in [0.1, 0.15) is 0 Å². The Bertz CT molecular complexity index is 631. The number of benzene rings is 2. The second kappa shape index (κ2) is 5.00. The molecule has 0 amide bonds. The first kappa shape index (κ1) is 14.1. The summed E-state index contributed by atoms with van der Waals surface area (Å²) in [5.41, 5.74) is 8.84. The van der Waals surface area contributed by atoms with Gasteiger partial charge in [-0.3, -0.25) is 0 Å². The molecule has 102 valence electrons. The van der Waals surface area contributed by atoms with Crippen LogP contribution in [0, 0.1) is 27.7 Å². The Hall–Kier alpha value is -1.30. The highest BCUT2D eigenvalue weighted by Gasteiger charge is 2.16. The second-order valence-corrected chi connectivity index (χ2v) is 6.13. The Morgan fingerprint density at radius 2 is 1.37 bits per heavy atom. The van der Waals surface area contributed by atoms with Gasteiger partial charge in [0, 0.05) is 0 Å². The third kappa shape index (κ3) is 2.18. The Balaban J connectivity index is 3.03. The van der Waals surface area contributed by atoms with Crippen molar-refractivity contribution in [3.63, 3.8) is 0 Å². The van der Waals surface area contributed by atoms with Crippen molar-refractivity contribution in [2.75, 3.05) is 0 Å². The Morgan fingerprint density at radius 1 is 0.842 bits per heavy atom. The summed E-state index contributed by atoms with van der Waals surface area (Å²) in [6.07, 6.45) is 1.12. The highest BCUT2D eigenvalue weighted by Crippen LogP contribution is 2.36. The molecule has 0 nitrogen and oxygen atoms in total. The maximum Gasteiger partial charge on any atom is -0.0141 e. The summed E-state index contributed by atoms with van der Waals surface area (Å²) >= 11 is 0. The molecule has 0 spiro atoms. The van der Waals surface area contributed by atoms with E-state index in [1.54, 1.807) is 0 Å². The normalized spacial score (nSPS) is 11.6. The zero-order chi connectivity index (χ0) is 14.3. The molecule has 19 heavy (non-hydrogen) atoms. The smallest absolute Gasteiger partial charge is 0.0141 e. The van der Waals surface area contributed by atoms with E-state index < -0.39 is 0 Å². The molecule has 0 bridgehead atoms. The summed E-state index contributed by atoms with van der Waals surface area (Å²) in [7, 11) is 0. The van der Waals surface area contributed by atoms with Gasteiger partial charge in [-0.25, -0.2) is 0 Å². The van der Waals surface area contributed by atoms with E-state index in [4.69, 9.17) is 0 Å². The van der Waals surface area contributed by atoms with Crippen LogP contribution in [0.1, 0.15) is 60.1 Å². The number of aryl methyl sites for hydroxylation is 3. The van der Waals surface area contributed by atoms with E-state index in [-0.39, 0.29) is 0 Å². The minimum atomic E-state index is 0.578. The number of hydrogen-bond acceptors (Lipinski definition) is 0. The van der Waals surface area contributed by atoms with Gasteiger partial charge in [0.2, 0.25) is 0 Å². The molecule has 0 aliphatic rings. The zero-order valence-corrected chi connectivity index (χ0v) is 13.4. The fraction of sp³-hybridized carbons (Fsp3) is 0.474. The van der Waals surface area contributed by atoms with Crippen molar-refractivity contribution in [2.45, 2.75) is 60.8 Å². The third-order valence-electron chi connectivity index (χ3n) is 4.60. The van der Waals surface area contributed by atoms with Crippen LogP contribution in [0.4, 0.5) is 0 Å². The van der Waals surface area contributed by atoms with Crippen LogP contribution in [0.15, 0.2) is 12.1 Å². The van der Waals surface area contributed by atoms with Crippen molar-refractivity contribution in [1.82, 2.24) is 0 Å². The lowest BCUT2D eigenvalue weighted by atomic mass is 9.83. The van der Waals surface area contributed by atoms with E-state index in [0.717, 1.165) is 6.42 Å². The predicted molar refractivity (Wildman–Crippen MR) is 86.4 cm³/mol. The number of fused-ring (bicyclic) bond motifs is 1. The molecule has 0 heterocycles. The first-order chi connectivity index (χ1) is 8.88. The Morgan fingerprint density at radius 3 is 1.84 bits per heavy atom. The Labute approximate surface area is 117 Å². The average Bonchev–Trinajstić information content (AvgIpc) is 2.33. The van der Waals surface area contributed by atoms with Gasteiger partial charge < -0.3 is 0 Å². The third-order valence-corrected chi connectivity index (χ3v) is 4.60. The standard InChI is InChI=1S/C19H26/c1-8-16-14(6)15(7)19(11(2)3)18-10-13(5)12(4)9-17(16)18/h9-11H,8H2,1-7H3. The number of hydrogen-bond donors (Lipinski definition) is 0. The molecule has 0 radical (unpaired) electrons. The van der Waals surface area contributed by atoms with Crippen LogP contribution < -0.4 is 0 Å². The van der Waals surface area contributed by atoms with E-state index in [9.17, 15) is 0 Å². The van der Waals surface area contributed by atoms with Crippen LogP contribution >= 0.6 is 0 Å². The monoisotopic (exact) mass is 254 g/mol. The van der Waals surface area contributed by atoms with Crippen LogP contribution in [0.5, 0.6) is 0 Å². The van der Waals surface area contributed by atoms with Crippen LogP contribution in [-0.2, 0) is 6.42 Å². The highest BCUT2D eigenvalue weighted by molar-refractivity contribution is 5.92. The molecule has 0 N–H and O–H groups in total. The van der Waals surface area contributed by atoms with Gasteiger partial charge in [-0.15, -0.1) is 0 Å². The van der Waals surface area contributed by atoms with Crippen molar-refractivity contribution in [3.05, 3.63) is 45.5 Å². The van der Waals surface area contributed by atoms with Crippen LogP contribution in [0.3, 0.4) is 0 Å². The van der Waals surface area contributed by atoms with Crippen LogP contribution in [-0.4, -0.2) is 0 Å². The maximum atomic E-state index is 2.39. The van der Waals surface area contributed by atoms with Gasteiger partial charge in [0.25, 0.3) is 0 Å². The summed E-state index contributed by atoms with van der Waals surface area (Å²) in [5, 5.41) is 2.94. The van der Waals surface area contributed by atoms with E-state index in [1.165, 1.54) is 44.2 Å². The minimum Gasteiger partial charge on any atom is -0.0613 e. The van der Waals surface area contributed by atoms with Gasteiger partial charge in [0.05, 0.1) is 0 Å². The fourth-order valence-corrected chi connectivity index (χ4v) is 3.32. The van der Waals surface area contributed by atoms with Gasteiger partial charge in [-0.05, 0) is 84.2 Å². The molecule has 0 aromatic heterocycles. The molecule has 0 aliphatic carbocycles. The SMILES string of the molecule is CCc1c(C)c(C)c(C(C)C)c2cc(C)c(C)cc12. The van der Waals surface area contributed by atoms with Crippen molar-refractivity contribution >= 4 is 10.8 Å². The topological polar surface area (TPSA) is 0 Å². The lowest BCUT2D eigenvalue weighted by Crippen LogP contribution is -2.02. The summed E-state index contributed by atoms with van der Waals surface area (Å²) in [6.45, 7) is 15.9. The molecule has 0 unspecified atom stereocenters. The van der Waals surface area contributed by atoms with Gasteiger partial charge in [-0.2, -0.15) is 0 Å². The Kier molecular flexibility index (Phi) is 3.71. The van der Waals surface area contributed by atoms with Crippen molar-refractivity contribution < 1.29 is 0 Å². The minimum absolute atomic E-state index is 0.578. The van der Waals surface area contributed by atoms with E-state index in [0.29, 0.717) is 5.92 Å². The van der Waals surface area contributed by atoms with Crippen molar-refractivity contribution in [3.8, 4) is 0 Å². The summed E-state index contributed by atoms with van der Waals surface area (Å²) < 4.78 is 0. The lowest BCUT2D eigenvalue weighted by molar-refractivity contribution is 0.861. The van der Waals surface area contributed by atoms with Crippen LogP contribution in [0.2, 0.25) is 0 Å². The number of rotatable bonds is 2. The largest absolute Gasteiger partial charge is 0.0613 e. The molecular formula is C19H26. The molecule has 2 rings (SSSR count). The quantitative estimate of drug-likeness (QED) is 0.639. The first-order valence-corrected chi connectivity index (χ1v) is 7.41. The van der Waals surface area contributed by atoms with E-state index >= 15 is 0 Å². The molecule has 0 saturated carbocycles. The first-order valence-electron chi connectivity index (χ1n) is 7.41. The molecule has 2 aromatic carbocycles. The summed E-state index contributed by atoms with van der Waals surface area (Å²) in [4.78, 5) is 0. The summed E-state index contributed by atoms with van der Waals surface area (Å²) in [6, 6.07) is 4.79. The lowest BCUT2D eigenvalue weighted by Gasteiger charge is -2.21. The molecular weight excluding hydrogens is 228 g/mol. The van der Waals surface area contributed by atoms with Gasteiger partial charge >= 0.3 is 0 Å². The molecule has 0 atom stereocenters. The van der Waals surface area contributed by atoms with Crippen LogP contribution in [0.25, 0.3) is 10.8 Å². The molecule has 0 fully saturated rings.